The lowest BCUT2D eigenvalue weighted by atomic mass is 9.94. The maximum absolute atomic E-state index is 13.0. The first-order chi connectivity index (χ1) is 12.9. The van der Waals surface area contributed by atoms with Gasteiger partial charge in [0.05, 0.1) is 11.6 Å². The molecule has 0 radical (unpaired) electrons. The molecule has 3 nitrogen and oxygen atoms in total. The van der Waals surface area contributed by atoms with E-state index in [1.165, 1.54) is 0 Å². The van der Waals surface area contributed by atoms with Gasteiger partial charge in [0, 0.05) is 16.7 Å². The Morgan fingerprint density at radius 1 is 1.11 bits per heavy atom. The lowest BCUT2D eigenvalue weighted by Gasteiger charge is -2.22. The molecule has 2 aromatic carbocycles. The molecule has 0 aliphatic rings. The molecule has 28 heavy (non-hydrogen) atoms. The third-order valence-electron chi connectivity index (χ3n) is 3.81. The topological polar surface area (TPSA) is 38.3 Å². The van der Waals surface area contributed by atoms with Crippen molar-refractivity contribution < 1.29 is 9.53 Å². The molecule has 0 atom stereocenters. The highest BCUT2D eigenvalue weighted by molar-refractivity contribution is 9.10. The standard InChI is InChI=1S/C23H28BrNO2Si/c1-23(2,3)25-22(26)19-14-20(24)21(27-4)15-18(19)17-11-9-8-10-16(17)12-13-28(5,6)7/h8-11,14-15H,1-7H3,(H,25,26). The van der Waals surface area contributed by atoms with Crippen molar-refractivity contribution in [2.45, 2.75) is 46.0 Å². The number of benzene rings is 2. The summed E-state index contributed by atoms with van der Waals surface area (Å²) in [6.07, 6.45) is 0. The molecule has 5 heteroatoms. The van der Waals surface area contributed by atoms with Crippen LogP contribution in [0.5, 0.6) is 5.75 Å². The molecule has 0 aromatic heterocycles. The van der Waals surface area contributed by atoms with E-state index in [0.717, 1.165) is 21.2 Å². The number of halogens is 1. The molecule has 0 heterocycles. The van der Waals surface area contributed by atoms with Gasteiger partial charge >= 0.3 is 0 Å². The number of hydrogen-bond donors (Lipinski definition) is 1. The molecule has 1 amide bonds. The van der Waals surface area contributed by atoms with E-state index < -0.39 is 8.07 Å². The summed E-state index contributed by atoms with van der Waals surface area (Å²) in [5.74, 6) is 3.90. The van der Waals surface area contributed by atoms with Crippen molar-refractivity contribution in [3.63, 3.8) is 0 Å². The van der Waals surface area contributed by atoms with E-state index in [9.17, 15) is 4.79 Å². The average molecular weight is 458 g/mol. The number of methoxy groups -OCH3 is 1. The van der Waals surface area contributed by atoms with Crippen molar-refractivity contribution in [3.8, 4) is 28.3 Å². The largest absolute Gasteiger partial charge is 0.496 e. The van der Waals surface area contributed by atoms with Crippen LogP contribution in [0.4, 0.5) is 0 Å². The molecular formula is C23H28BrNO2Si. The van der Waals surface area contributed by atoms with Gasteiger partial charge in [-0.2, -0.15) is 0 Å². The Morgan fingerprint density at radius 2 is 1.75 bits per heavy atom. The van der Waals surface area contributed by atoms with Crippen molar-refractivity contribution >= 4 is 29.9 Å². The summed E-state index contributed by atoms with van der Waals surface area (Å²) >= 11 is 3.51. The van der Waals surface area contributed by atoms with Gasteiger partial charge in [-0.1, -0.05) is 43.8 Å². The van der Waals surface area contributed by atoms with Gasteiger partial charge in [-0.25, -0.2) is 0 Å². The molecule has 148 valence electrons. The van der Waals surface area contributed by atoms with Gasteiger partial charge in [-0.3, -0.25) is 4.79 Å². The summed E-state index contributed by atoms with van der Waals surface area (Å²) in [6.45, 7) is 12.6. The molecule has 0 fully saturated rings. The zero-order chi connectivity index (χ0) is 21.1. The molecule has 0 aliphatic heterocycles. The highest BCUT2D eigenvalue weighted by Crippen LogP contribution is 2.36. The first kappa shape index (κ1) is 22.3. The Morgan fingerprint density at radius 3 is 2.32 bits per heavy atom. The van der Waals surface area contributed by atoms with E-state index in [1.807, 2.05) is 57.2 Å². The maximum Gasteiger partial charge on any atom is 0.252 e. The summed E-state index contributed by atoms with van der Waals surface area (Å²) in [5, 5.41) is 3.06. The van der Waals surface area contributed by atoms with E-state index in [2.05, 4.69) is 52.4 Å². The molecule has 0 saturated carbocycles. The Hall–Kier alpha value is -2.03. The van der Waals surface area contributed by atoms with Crippen molar-refractivity contribution in [1.82, 2.24) is 5.32 Å². The second-order valence-electron chi connectivity index (χ2n) is 8.78. The van der Waals surface area contributed by atoms with Crippen LogP contribution in [-0.4, -0.2) is 26.6 Å². The fraction of sp³-hybridized carbons (Fsp3) is 0.348. The van der Waals surface area contributed by atoms with Crippen LogP contribution in [0.1, 0.15) is 36.7 Å². The number of carbonyl (C=O) groups is 1. The van der Waals surface area contributed by atoms with Gasteiger partial charge in [0.1, 0.15) is 13.8 Å². The Balaban J connectivity index is 2.71. The van der Waals surface area contributed by atoms with Crippen LogP contribution in [0.25, 0.3) is 11.1 Å². The van der Waals surface area contributed by atoms with Crippen LogP contribution < -0.4 is 10.1 Å². The minimum absolute atomic E-state index is 0.126. The van der Waals surface area contributed by atoms with Crippen LogP contribution in [0.15, 0.2) is 40.9 Å². The van der Waals surface area contributed by atoms with Crippen LogP contribution >= 0.6 is 15.9 Å². The van der Waals surface area contributed by atoms with E-state index in [1.54, 1.807) is 7.11 Å². The average Bonchev–Trinajstić information content (AvgIpc) is 2.58. The van der Waals surface area contributed by atoms with Gasteiger partial charge in [-0.05, 0) is 66.0 Å². The molecule has 0 saturated heterocycles. The van der Waals surface area contributed by atoms with E-state index >= 15 is 0 Å². The second-order valence-corrected chi connectivity index (χ2v) is 14.4. The Bertz CT molecular complexity index is 944. The molecule has 0 unspecified atom stereocenters. The Labute approximate surface area is 178 Å². The van der Waals surface area contributed by atoms with Gasteiger partial charge in [0.2, 0.25) is 0 Å². The van der Waals surface area contributed by atoms with Crippen molar-refractivity contribution in [2.75, 3.05) is 7.11 Å². The minimum atomic E-state index is -1.53. The summed E-state index contributed by atoms with van der Waals surface area (Å²) in [5.41, 5.74) is 6.33. The third-order valence-corrected chi connectivity index (χ3v) is 5.31. The maximum atomic E-state index is 13.0. The predicted molar refractivity (Wildman–Crippen MR) is 124 cm³/mol. The fourth-order valence-electron chi connectivity index (χ4n) is 2.61. The van der Waals surface area contributed by atoms with Crippen LogP contribution in [0, 0.1) is 11.5 Å². The number of rotatable bonds is 3. The minimum Gasteiger partial charge on any atom is -0.496 e. The van der Waals surface area contributed by atoms with Crippen molar-refractivity contribution in [1.29, 1.82) is 0 Å². The van der Waals surface area contributed by atoms with Crippen LogP contribution in [0.2, 0.25) is 19.6 Å². The number of carbonyl (C=O) groups excluding carboxylic acids is 1. The zero-order valence-electron chi connectivity index (χ0n) is 17.7. The fourth-order valence-corrected chi connectivity index (χ4v) is 3.63. The van der Waals surface area contributed by atoms with E-state index in [-0.39, 0.29) is 11.4 Å². The van der Waals surface area contributed by atoms with Crippen LogP contribution in [-0.2, 0) is 0 Å². The first-order valence-electron chi connectivity index (χ1n) is 9.24. The quantitative estimate of drug-likeness (QED) is 0.461. The highest BCUT2D eigenvalue weighted by Gasteiger charge is 2.22. The summed E-state index contributed by atoms with van der Waals surface area (Å²) in [7, 11) is 0.0904. The first-order valence-corrected chi connectivity index (χ1v) is 13.5. The SMILES string of the molecule is COc1cc(-c2ccccc2C#C[Si](C)(C)C)c(C(=O)NC(C)(C)C)cc1Br. The van der Waals surface area contributed by atoms with E-state index in [0.29, 0.717) is 11.3 Å². The van der Waals surface area contributed by atoms with Crippen molar-refractivity contribution in [2.24, 2.45) is 0 Å². The summed E-state index contributed by atoms with van der Waals surface area (Å²) in [6, 6.07) is 11.7. The van der Waals surface area contributed by atoms with Gasteiger partial charge < -0.3 is 10.1 Å². The van der Waals surface area contributed by atoms with Gasteiger partial charge in [0.15, 0.2) is 0 Å². The highest BCUT2D eigenvalue weighted by atomic mass is 79.9. The van der Waals surface area contributed by atoms with Crippen LogP contribution in [0.3, 0.4) is 0 Å². The summed E-state index contributed by atoms with van der Waals surface area (Å²) < 4.78 is 6.23. The van der Waals surface area contributed by atoms with E-state index in [4.69, 9.17) is 4.74 Å². The number of hydrogen-bond acceptors (Lipinski definition) is 2. The monoisotopic (exact) mass is 457 g/mol. The van der Waals surface area contributed by atoms with Crippen molar-refractivity contribution in [3.05, 3.63) is 52.0 Å². The molecule has 1 N–H and O–H groups in total. The lowest BCUT2D eigenvalue weighted by molar-refractivity contribution is 0.0920. The molecule has 2 aromatic rings. The molecule has 0 aliphatic carbocycles. The van der Waals surface area contributed by atoms with Gasteiger partial charge in [0.25, 0.3) is 5.91 Å². The normalized spacial score (nSPS) is 11.4. The predicted octanol–water partition coefficient (Wildman–Crippen LogP) is 5.88. The number of nitrogens with one attached hydrogen (secondary N) is 1. The molecular weight excluding hydrogens is 430 g/mol. The molecule has 0 bridgehead atoms. The van der Waals surface area contributed by atoms with Gasteiger partial charge in [-0.15, -0.1) is 5.54 Å². The molecule has 0 spiro atoms. The Kier molecular flexibility index (Phi) is 6.79. The smallest absolute Gasteiger partial charge is 0.252 e. The second kappa shape index (κ2) is 8.55. The number of ether oxygens (including phenoxy) is 1. The summed E-state index contributed by atoms with van der Waals surface area (Å²) in [4.78, 5) is 13.0. The third kappa shape index (κ3) is 5.98. The lowest BCUT2D eigenvalue weighted by Crippen LogP contribution is -2.40. The molecule has 2 rings (SSSR count). The zero-order valence-corrected chi connectivity index (χ0v) is 20.2. The number of amides is 1.